The molecule has 5 heteroatoms. The number of H-pyrrole nitrogens is 1. The highest BCUT2D eigenvalue weighted by molar-refractivity contribution is 6.17. The maximum Gasteiger partial charge on any atom is 0.136 e. The summed E-state index contributed by atoms with van der Waals surface area (Å²) in [7, 11) is 0. The normalized spacial score (nSPS) is 13.0. The van der Waals surface area contributed by atoms with Crippen LogP contribution in [0, 0.1) is 0 Å². The van der Waals surface area contributed by atoms with Gasteiger partial charge in [-0.3, -0.25) is 4.98 Å². The van der Waals surface area contributed by atoms with Gasteiger partial charge in [0, 0.05) is 17.9 Å². The lowest BCUT2D eigenvalue weighted by Crippen LogP contribution is -2.06. The molecule has 2 aromatic heterocycles. The molecule has 0 radical (unpaired) electrons. The second kappa shape index (κ2) is 7.07. The van der Waals surface area contributed by atoms with Crippen molar-refractivity contribution in [2.75, 3.05) is 12.5 Å². The summed E-state index contributed by atoms with van der Waals surface area (Å²) in [6.45, 7) is 2.68. The van der Waals surface area contributed by atoms with Crippen molar-refractivity contribution in [1.82, 2.24) is 15.0 Å². The first-order valence-electron chi connectivity index (χ1n) is 7.74. The molecule has 2 heterocycles. The molecular weight excluding hydrogens is 298 g/mol. The highest BCUT2D eigenvalue weighted by Crippen LogP contribution is 2.27. The Kier molecular flexibility index (Phi) is 4.90. The van der Waals surface area contributed by atoms with E-state index in [1.807, 2.05) is 31.3 Å². The van der Waals surface area contributed by atoms with Gasteiger partial charge in [-0.15, -0.1) is 11.6 Å². The van der Waals surface area contributed by atoms with Gasteiger partial charge in [-0.1, -0.05) is 18.2 Å². The number of unbranched alkanes of at least 4 members (excludes halogenated alkanes) is 1. The highest BCUT2D eigenvalue weighted by atomic mass is 35.5. The quantitative estimate of drug-likeness (QED) is 0.512. The molecule has 22 heavy (non-hydrogen) atoms. The third-order valence-corrected chi connectivity index (χ3v) is 4.03. The fourth-order valence-electron chi connectivity index (χ4n) is 2.70. The van der Waals surface area contributed by atoms with Crippen molar-refractivity contribution in [2.45, 2.75) is 32.3 Å². The fraction of sp³-hybridized carbons (Fsp3) is 0.412. The average Bonchev–Trinajstić information content (AvgIpc) is 2.99. The topological polar surface area (TPSA) is 50.8 Å². The summed E-state index contributed by atoms with van der Waals surface area (Å²) in [6, 6.07) is 8.06. The summed E-state index contributed by atoms with van der Waals surface area (Å²) >= 11 is 5.77. The molecule has 4 nitrogen and oxygen atoms in total. The molecule has 0 spiro atoms. The summed E-state index contributed by atoms with van der Waals surface area (Å²) in [5.74, 6) is 1.57. The minimum absolute atomic E-state index is 0.0145. The van der Waals surface area contributed by atoms with Gasteiger partial charge in [-0.2, -0.15) is 0 Å². The lowest BCUT2D eigenvalue weighted by Gasteiger charge is -2.14. The molecule has 0 fully saturated rings. The molecule has 3 aromatic rings. The lowest BCUT2D eigenvalue weighted by molar-refractivity contribution is 0.0492. The molecule has 0 aliphatic rings. The van der Waals surface area contributed by atoms with E-state index in [2.05, 4.69) is 16.0 Å². The molecule has 3 rings (SSSR count). The van der Waals surface area contributed by atoms with E-state index in [1.165, 1.54) is 0 Å². The number of alkyl halides is 1. The first-order chi connectivity index (χ1) is 10.8. The SMILES string of the molecule is CCOC(CCCCCl)c1nc2c(cnc3ccccc32)[nH]1. The standard InChI is InChI=1S/C17H20ClN3O/c1-2-22-15(9-5-6-10-18)17-20-14-11-19-13-8-4-3-7-12(13)16(14)21-17/h3-4,7-8,11,15H,2,5-6,9-10H2,1H3,(H,20,21). The van der Waals surface area contributed by atoms with Crippen LogP contribution < -0.4 is 0 Å². The number of fused-ring (bicyclic) bond motifs is 3. The van der Waals surface area contributed by atoms with Gasteiger partial charge in [0.25, 0.3) is 0 Å². The van der Waals surface area contributed by atoms with Gasteiger partial charge in [0.1, 0.15) is 11.9 Å². The van der Waals surface area contributed by atoms with Crippen molar-refractivity contribution in [2.24, 2.45) is 0 Å². The molecule has 1 unspecified atom stereocenters. The number of para-hydroxylation sites is 1. The van der Waals surface area contributed by atoms with Gasteiger partial charge < -0.3 is 9.72 Å². The van der Waals surface area contributed by atoms with E-state index >= 15 is 0 Å². The van der Waals surface area contributed by atoms with Crippen molar-refractivity contribution in [3.8, 4) is 0 Å². The van der Waals surface area contributed by atoms with E-state index in [0.29, 0.717) is 12.5 Å². The van der Waals surface area contributed by atoms with Crippen LogP contribution in [0.25, 0.3) is 21.9 Å². The molecule has 116 valence electrons. The largest absolute Gasteiger partial charge is 0.371 e. The summed E-state index contributed by atoms with van der Waals surface area (Å²) in [6.07, 6.45) is 4.78. The Hall–Kier alpha value is -1.65. The average molecular weight is 318 g/mol. The van der Waals surface area contributed by atoms with Crippen molar-refractivity contribution in [3.05, 3.63) is 36.3 Å². The van der Waals surface area contributed by atoms with E-state index in [-0.39, 0.29) is 6.10 Å². The second-order valence-electron chi connectivity index (χ2n) is 5.29. The van der Waals surface area contributed by atoms with Gasteiger partial charge in [-0.25, -0.2) is 4.98 Å². The van der Waals surface area contributed by atoms with Crippen LogP contribution in [0.3, 0.4) is 0 Å². The number of aromatic nitrogens is 3. The van der Waals surface area contributed by atoms with Crippen LogP contribution in [0.15, 0.2) is 30.5 Å². The number of pyridine rings is 1. The fourth-order valence-corrected chi connectivity index (χ4v) is 2.89. The molecule has 0 saturated carbocycles. The number of nitrogens with zero attached hydrogens (tertiary/aromatic N) is 2. The number of nitrogens with one attached hydrogen (secondary N) is 1. The van der Waals surface area contributed by atoms with E-state index in [1.54, 1.807) is 0 Å². The Bertz CT molecular complexity index is 756. The summed E-state index contributed by atoms with van der Waals surface area (Å²) in [5.41, 5.74) is 2.88. The second-order valence-corrected chi connectivity index (χ2v) is 5.67. The molecule has 0 amide bonds. The number of ether oxygens (including phenoxy) is 1. The molecule has 0 bridgehead atoms. The zero-order valence-electron chi connectivity index (χ0n) is 12.7. The number of hydrogen-bond acceptors (Lipinski definition) is 3. The van der Waals surface area contributed by atoms with Gasteiger partial charge in [0.05, 0.1) is 22.7 Å². The van der Waals surface area contributed by atoms with Crippen LogP contribution in [0.4, 0.5) is 0 Å². The number of imidazole rings is 1. The van der Waals surface area contributed by atoms with E-state index in [0.717, 1.165) is 47.0 Å². The summed E-state index contributed by atoms with van der Waals surface area (Å²) in [5, 5.41) is 1.07. The number of benzene rings is 1. The van der Waals surface area contributed by atoms with Crippen molar-refractivity contribution >= 4 is 33.5 Å². The summed E-state index contributed by atoms with van der Waals surface area (Å²) in [4.78, 5) is 12.6. The van der Waals surface area contributed by atoms with E-state index < -0.39 is 0 Å². The smallest absolute Gasteiger partial charge is 0.136 e. The monoisotopic (exact) mass is 317 g/mol. The van der Waals surface area contributed by atoms with Crippen molar-refractivity contribution in [3.63, 3.8) is 0 Å². The number of rotatable bonds is 7. The van der Waals surface area contributed by atoms with E-state index in [4.69, 9.17) is 21.3 Å². The molecule has 1 aromatic carbocycles. The van der Waals surface area contributed by atoms with Crippen LogP contribution in [-0.2, 0) is 4.74 Å². The molecule has 0 saturated heterocycles. The molecule has 1 atom stereocenters. The predicted octanol–water partition coefficient (Wildman–Crippen LogP) is 4.60. The number of halogens is 1. The number of aromatic amines is 1. The van der Waals surface area contributed by atoms with Crippen molar-refractivity contribution in [1.29, 1.82) is 0 Å². The first-order valence-corrected chi connectivity index (χ1v) is 8.28. The molecule has 0 aliphatic carbocycles. The van der Waals surface area contributed by atoms with Gasteiger partial charge in [-0.05, 0) is 32.3 Å². The Morgan fingerprint density at radius 1 is 1.27 bits per heavy atom. The predicted molar refractivity (Wildman–Crippen MR) is 90.3 cm³/mol. The van der Waals surface area contributed by atoms with Gasteiger partial charge in [0.2, 0.25) is 0 Å². The van der Waals surface area contributed by atoms with Crippen LogP contribution >= 0.6 is 11.6 Å². The zero-order chi connectivity index (χ0) is 15.4. The maximum atomic E-state index is 5.86. The lowest BCUT2D eigenvalue weighted by atomic mass is 10.1. The van der Waals surface area contributed by atoms with E-state index in [9.17, 15) is 0 Å². The first kappa shape index (κ1) is 15.3. The Labute approximate surface area is 134 Å². The van der Waals surface area contributed by atoms with Crippen LogP contribution in [0.2, 0.25) is 0 Å². The van der Waals surface area contributed by atoms with Gasteiger partial charge in [0.15, 0.2) is 0 Å². The number of hydrogen-bond donors (Lipinski definition) is 1. The Morgan fingerprint density at radius 2 is 2.14 bits per heavy atom. The third kappa shape index (κ3) is 3.08. The third-order valence-electron chi connectivity index (χ3n) is 3.76. The summed E-state index contributed by atoms with van der Waals surface area (Å²) < 4.78 is 5.86. The zero-order valence-corrected chi connectivity index (χ0v) is 13.4. The van der Waals surface area contributed by atoms with Crippen LogP contribution in [0.1, 0.15) is 38.1 Å². The van der Waals surface area contributed by atoms with Gasteiger partial charge >= 0.3 is 0 Å². The molecule has 1 N–H and O–H groups in total. The minimum Gasteiger partial charge on any atom is -0.371 e. The maximum absolute atomic E-state index is 5.86. The Morgan fingerprint density at radius 3 is 2.95 bits per heavy atom. The molecule has 0 aliphatic heterocycles. The minimum atomic E-state index is -0.0145. The van der Waals surface area contributed by atoms with Crippen LogP contribution in [-0.4, -0.2) is 27.4 Å². The Balaban J connectivity index is 1.96. The molecular formula is C17H20ClN3O. The van der Waals surface area contributed by atoms with Crippen molar-refractivity contribution < 1.29 is 4.74 Å². The highest BCUT2D eigenvalue weighted by Gasteiger charge is 2.17. The van der Waals surface area contributed by atoms with Crippen LogP contribution in [0.5, 0.6) is 0 Å².